The van der Waals surface area contributed by atoms with E-state index in [4.69, 9.17) is 4.74 Å². The Balaban J connectivity index is 1.55. The van der Waals surface area contributed by atoms with Crippen molar-refractivity contribution >= 4 is 16.0 Å². The number of ether oxygens (including phenoxy) is 1. The van der Waals surface area contributed by atoms with Crippen LogP contribution in [0.25, 0.3) is 0 Å². The van der Waals surface area contributed by atoms with E-state index in [2.05, 4.69) is 20.1 Å². The Morgan fingerprint density at radius 2 is 1.90 bits per heavy atom. The minimum atomic E-state index is -3.45. The lowest BCUT2D eigenvalue weighted by Crippen LogP contribution is -2.46. The summed E-state index contributed by atoms with van der Waals surface area (Å²) in [5.41, 5.74) is 1.02. The fourth-order valence-electron chi connectivity index (χ4n) is 3.91. The van der Waals surface area contributed by atoms with Gasteiger partial charge in [0.15, 0.2) is 5.96 Å². The molecule has 2 aliphatic rings. The molecular formula is C21H35N5O3S. The Hall–Kier alpha value is -1.68. The van der Waals surface area contributed by atoms with Gasteiger partial charge < -0.3 is 15.0 Å². The van der Waals surface area contributed by atoms with Crippen LogP contribution in [0.1, 0.15) is 25.8 Å². The third kappa shape index (κ3) is 5.32. The van der Waals surface area contributed by atoms with Crippen LogP contribution in [0.2, 0.25) is 0 Å². The number of benzene rings is 1. The molecule has 9 heteroatoms. The maximum Gasteiger partial charge on any atom is 0.243 e. The van der Waals surface area contributed by atoms with Crippen molar-refractivity contribution in [1.29, 1.82) is 0 Å². The first-order valence-corrected chi connectivity index (χ1v) is 12.1. The highest BCUT2D eigenvalue weighted by Gasteiger charge is 2.30. The highest BCUT2D eigenvalue weighted by Crippen LogP contribution is 2.19. The minimum Gasteiger partial charge on any atom is -0.379 e. The second kappa shape index (κ2) is 10.1. The summed E-state index contributed by atoms with van der Waals surface area (Å²) in [5, 5.41) is 3.42. The van der Waals surface area contributed by atoms with Gasteiger partial charge in [0.2, 0.25) is 10.0 Å². The summed E-state index contributed by atoms with van der Waals surface area (Å²) in [7, 11) is -0.0354. The summed E-state index contributed by atoms with van der Waals surface area (Å²) >= 11 is 0. The average Bonchev–Trinajstić information content (AvgIpc) is 3.24. The molecule has 0 radical (unpaired) electrons. The van der Waals surface area contributed by atoms with E-state index in [0.29, 0.717) is 17.5 Å². The molecule has 2 aliphatic heterocycles. The number of nitrogens with one attached hydrogen (secondary N) is 1. The molecule has 2 heterocycles. The van der Waals surface area contributed by atoms with Gasteiger partial charge in [-0.2, -0.15) is 4.31 Å². The van der Waals surface area contributed by atoms with Crippen molar-refractivity contribution in [3.63, 3.8) is 0 Å². The first-order valence-electron chi connectivity index (χ1n) is 10.7. The van der Waals surface area contributed by atoms with Crippen LogP contribution in [0.3, 0.4) is 0 Å². The van der Waals surface area contributed by atoms with E-state index in [1.807, 2.05) is 33.0 Å². The van der Waals surface area contributed by atoms with Gasteiger partial charge in [0.05, 0.1) is 18.1 Å². The van der Waals surface area contributed by atoms with E-state index in [1.165, 1.54) is 4.31 Å². The molecule has 2 saturated heterocycles. The molecule has 168 valence electrons. The number of rotatable bonds is 6. The van der Waals surface area contributed by atoms with Crippen molar-refractivity contribution in [3.05, 3.63) is 29.8 Å². The van der Waals surface area contributed by atoms with Gasteiger partial charge in [-0.1, -0.05) is 12.1 Å². The second-order valence-electron chi connectivity index (χ2n) is 8.20. The molecule has 2 fully saturated rings. The highest BCUT2D eigenvalue weighted by atomic mass is 32.2. The van der Waals surface area contributed by atoms with E-state index < -0.39 is 10.0 Å². The predicted molar refractivity (Wildman–Crippen MR) is 119 cm³/mol. The van der Waals surface area contributed by atoms with Crippen LogP contribution in [0.5, 0.6) is 0 Å². The zero-order chi connectivity index (χ0) is 21.7. The fourth-order valence-corrected chi connectivity index (χ4v) is 5.28. The maximum atomic E-state index is 12.6. The quantitative estimate of drug-likeness (QED) is 0.532. The maximum absolute atomic E-state index is 12.6. The van der Waals surface area contributed by atoms with Crippen molar-refractivity contribution in [1.82, 2.24) is 19.4 Å². The van der Waals surface area contributed by atoms with E-state index in [1.54, 1.807) is 19.2 Å². The van der Waals surface area contributed by atoms with Crippen molar-refractivity contribution < 1.29 is 13.2 Å². The van der Waals surface area contributed by atoms with E-state index >= 15 is 0 Å². The fraction of sp³-hybridized carbons (Fsp3) is 0.667. The molecule has 0 aromatic heterocycles. The van der Waals surface area contributed by atoms with Crippen molar-refractivity contribution in [3.8, 4) is 0 Å². The van der Waals surface area contributed by atoms with Gasteiger partial charge in [-0.05, 0) is 38.0 Å². The Morgan fingerprint density at radius 3 is 2.50 bits per heavy atom. The van der Waals surface area contributed by atoms with Gasteiger partial charge >= 0.3 is 0 Å². The monoisotopic (exact) mass is 437 g/mol. The van der Waals surface area contributed by atoms with Gasteiger partial charge in [0, 0.05) is 58.9 Å². The van der Waals surface area contributed by atoms with Gasteiger partial charge in [0.1, 0.15) is 0 Å². The van der Waals surface area contributed by atoms with E-state index in [0.717, 1.165) is 57.3 Å². The summed E-state index contributed by atoms with van der Waals surface area (Å²) in [6.45, 7) is 9.94. The van der Waals surface area contributed by atoms with Crippen molar-refractivity contribution in [2.45, 2.75) is 43.8 Å². The van der Waals surface area contributed by atoms with Gasteiger partial charge in [-0.25, -0.2) is 8.42 Å². The van der Waals surface area contributed by atoms with E-state index in [-0.39, 0.29) is 6.04 Å². The number of hydrogen-bond acceptors (Lipinski definition) is 5. The SMILES string of the molecule is CN=C(NCc1ccc(S(=O)(=O)N(C)C(C)C)cc1)N1CCC(N2CCOCC2)C1. The summed E-state index contributed by atoms with van der Waals surface area (Å²) < 4.78 is 32.1. The standard InChI is InChI=1S/C21H35N5O3S/c1-17(2)24(4)30(27,28)20-7-5-18(6-8-20)15-23-21(22-3)26-10-9-19(16-26)25-11-13-29-14-12-25/h5-8,17,19H,9-16H2,1-4H3,(H,22,23). The van der Waals surface area contributed by atoms with Gasteiger partial charge in [-0.3, -0.25) is 9.89 Å². The lowest BCUT2D eigenvalue weighted by atomic mass is 10.2. The van der Waals surface area contributed by atoms with Crippen LogP contribution in [-0.4, -0.2) is 94.1 Å². The summed E-state index contributed by atoms with van der Waals surface area (Å²) in [5.74, 6) is 0.891. The molecule has 1 atom stereocenters. The Kier molecular flexibility index (Phi) is 7.73. The van der Waals surface area contributed by atoms with E-state index in [9.17, 15) is 8.42 Å². The predicted octanol–water partition coefficient (Wildman–Crippen LogP) is 1.20. The molecule has 0 spiro atoms. The molecule has 8 nitrogen and oxygen atoms in total. The topological polar surface area (TPSA) is 77.5 Å². The largest absolute Gasteiger partial charge is 0.379 e. The molecule has 0 saturated carbocycles. The number of aliphatic imine (C=N–C) groups is 1. The number of nitrogens with zero attached hydrogens (tertiary/aromatic N) is 4. The minimum absolute atomic E-state index is 0.0820. The Bertz CT molecular complexity index is 820. The lowest BCUT2D eigenvalue weighted by molar-refractivity contribution is 0.0195. The molecule has 1 unspecified atom stereocenters. The normalized spacial score (nSPS) is 21.6. The van der Waals surface area contributed by atoms with Crippen LogP contribution in [0.15, 0.2) is 34.2 Å². The highest BCUT2D eigenvalue weighted by molar-refractivity contribution is 7.89. The van der Waals surface area contributed by atoms with Gasteiger partial charge in [0.25, 0.3) is 0 Å². The van der Waals surface area contributed by atoms with Crippen molar-refractivity contribution in [2.24, 2.45) is 4.99 Å². The number of guanidine groups is 1. The number of sulfonamides is 1. The van der Waals surface area contributed by atoms with Crippen LogP contribution >= 0.6 is 0 Å². The molecule has 0 amide bonds. The third-order valence-electron chi connectivity index (χ3n) is 6.01. The van der Waals surface area contributed by atoms with Crippen LogP contribution in [-0.2, 0) is 21.3 Å². The van der Waals surface area contributed by atoms with Gasteiger partial charge in [-0.15, -0.1) is 0 Å². The molecular weight excluding hydrogens is 402 g/mol. The number of morpholine rings is 1. The third-order valence-corrected chi connectivity index (χ3v) is 8.06. The summed E-state index contributed by atoms with van der Waals surface area (Å²) in [6, 6.07) is 7.55. The zero-order valence-electron chi connectivity index (χ0n) is 18.5. The molecule has 0 bridgehead atoms. The van der Waals surface area contributed by atoms with Crippen LogP contribution in [0.4, 0.5) is 0 Å². The van der Waals surface area contributed by atoms with Crippen LogP contribution < -0.4 is 5.32 Å². The molecule has 1 N–H and O–H groups in total. The average molecular weight is 438 g/mol. The zero-order valence-corrected chi connectivity index (χ0v) is 19.4. The number of likely N-dealkylation sites (tertiary alicyclic amines) is 1. The number of hydrogen-bond donors (Lipinski definition) is 1. The molecule has 1 aromatic rings. The molecule has 30 heavy (non-hydrogen) atoms. The lowest BCUT2D eigenvalue weighted by Gasteiger charge is -2.32. The second-order valence-corrected chi connectivity index (χ2v) is 10.2. The molecule has 3 rings (SSSR count). The first kappa shape index (κ1) is 23.0. The van der Waals surface area contributed by atoms with Crippen molar-refractivity contribution in [2.75, 3.05) is 53.5 Å². The van der Waals surface area contributed by atoms with Crippen LogP contribution in [0, 0.1) is 0 Å². The first-order chi connectivity index (χ1) is 14.3. The summed E-state index contributed by atoms with van der Waals surface area (Å²) in [4.78, 5) is 9.59. The summed E-state index contributed by atoms with van der Waals surface area (Å²) in [6.07, 6.45) is 1.14. The molecule has 1 aromatic carbocycles. The Morgan fingerprint density at radius 1 is 1.23 bits per heavy atom. The molecule has 0 aliphatic carbocycles. The Labute approximate surface area is 180 Å². The smallest absolute Gasteiger partial charge is 0.243 e.